The molecule has 2 aromatic carbocycles. The van der Waals surface area contributed by atoms with Crippen LogP contribution < -0.4 is 15.8 Å². The number of fused-ring (bicyclic) bond motifs is 4. The maximum absolute atomic E-state index is 13.1. The molecule has 0 bridgehead atoms. The van der Waals surface area contributed by atoms with Gasteiger partial charge in [-0.1, -0.05) is 25.1 Å². The van der Waals surface area contributed by atoms with Crippen molar-refractivity contribution in [3.63, 3.8) is 0 Å². The molecular formula is C32H33N5O4S. The third-order valence-electron chi connectivity index (χ3n) is 8.25. The van der Waals surface area contributed by atoms with Gasteiger partial charge < -0.3 is 19.7 Å². The molecule has 2 aliphatic heterocycles. The number of morpholine rings is 2. The molecule has 1 unspecified atom stereocenters. The Hall–Kier alpha value is -3.83. The summed E-state index contributed by atoms with van der Waals surface area (Å²) < 4.78 is 15.0. The Labute approximate surface area is 247 Å². The minimum atomic E-state index is -0.102. The zero-order chi connectivity index (χ0) is 28.6. The molecule has 9 nitrogen and oxygen atoms in total. The molecule has 216 valence electrons. The molecule has 0 radical (unpaired) electrons. The Morgan fingerprint density at radius 1 is 1.00 bits per heavy atom. The number of ether oxygens (including phenoxy) is 2. The molecule has 0 aliphatic carbocycles. The fourth-order valence-corrected chi connectivity index (χ4v) is 7.24. The first kappa shape index (κ1) is 27.0. The lowest BCUT2D eigenvalue weighted by Gasteiger charge is -2.34. The number of nitrogens with zero attached hydrogens (tertiary/aromatic N) is 4. The molecule has 10 heteroatoms. The van der Waals surface area contributed by atoms with Crippen molar-refractivity contribution in [1.82, 2.24) is 14.3 Å². The fourth-order valence-electron chi connectivity index (χ4n) is 6.02. The van der Waals surface area contributed by atoms with Gasteiger partial charge in [0.05, 0.1) is 33.0 Å². The highest BCUT2D eigenvalue weighted by Crippen LogP contribution is 2.41. The van der Waals surface area contributed by atoms with Crippen molar-refractivity contribution in [3.05, 3.63) is 71.1 Å². The average Bonchev–Trinajstić information content (AvgIpc) is 3.40. The number of carbonyl (C=O) groups excluding carboxylic acids is 1. The van der Waals surface area contributed by atoms with Crippen molar-refractivity contribution in [2.75, 3.05) is 62.8 Å². The van der Waals surface area contributed by atoms with E-state index in [1.54, 1.807) is 28.0 Å². The minimum absolute atomic E-state index is 0.0155. The van der Waals surface area contributed by atoms with E-state index >= 15 is 0 Å². The summed E-state index contributed by atoms with van der Waals surface area (Å²) in [6, 6.07) is 18.2. The normalized spacial score (nSPS) is 18.2. The van der Waals surface area contributed by atoms with Gasteiger partial charge in [0.2, 0.25) is 5.91 Å². The van der Waals surface area contributed by atoms with Gasteiger partial charge in [-0.05, 0) is 36.8 Å². The Morgan fingerprint density at radius 3 is 2.69 bits per heavy atom. The maximum atomic E-state index is 13.1. The lowest BCUT2D eigenvalue weighted by Crippen LogP contribution is -2.48. The summed E-state index contributed by atoms with van der Waals surface area (Å²) >= 11 is 1.71. The molecule has 0 spiro atoms. The van der Waals surface area contributed by atoms with E-state index in [0.717, 1.165) is 50.0 Å². The third-order valence-corrected chi connectivity index (χ3v) is 9.47. The maximum Gasteiger partial charge on any atom is 0.259 e. The number of hydrogen-bond acceptors (Lipinski definition) is 8. The number of nitrogens with one attached hydrogen (secondary N) is 1. The van der Waals surface area contributed by atoms with Crippen molar-refractivity contribution in [1.29, 1.82) is 0 Å². The van der Waals surface area contributed by atoms with Crippen LogP contribution in [-0.2, 0) is 14.3 Å². The molecule has 1 amide bonds. The van der Waals surface area contributed by atoms with Gasteiger partial charge in [-0.3, -0.25) is 18.9 Å². The van der Waals surface area contributed by atoms with Crippen molar-refractivity contribution >= 4 is 54.6 Å². The van der Waals surface area contributed by atoms with E-state index < -0.39 is 0 Å². The number of anilines is 2. The summed E-state index contributed by atoms with van der Waals surface area (Å²) in [5.41, 5.74) is 3.26. The SMILES string of the molecule is CCC1COCCN1CC(=O)Nc1ccc2sc3c(-c4cccn5c(=O)cc(N6CCOCC6)nc45)cccc3c2c1. The molecule has 1 atom stereocenters. The van der Waals surface area contributed by atoms with Crippen LogP contribution in [0.15, 0.2) is 65.6 Å². The smallest absolute Gasteiger partial charge is 0.259 e. The topological polar surface area (TPSA) is 88.4 Å². The predicted octanol–water partition coefficient (Wildman–Crippen LogP) is 4.62. The zero-order valence-electron chi connectivity index (χ0n) is 23.5. The molecule has 2 saturated heterocycles. The second kappa shape index (κ2) is 11.4. The first-order valence-corrected chi connectivity index (χ1v) is 15.3. The third kappa shape index (κ3) is 5.05. The van der Waals surface area contributed by atoms with Gasteiger partial charge in [0.25, 0.3) is 5.56 Å². The number of amides is 1. The van der Waals surface area contributed by atoms with Crippen LogP contribution in [0.5, 0.6) is 0 Å². The average molecular weight is 584 g/mol. The van der Waals surface area contributed by atoms with Gasteiger partial charge in [-0.25, -0.2) is 4.98 Å². The monoisotopic (exact) mass is 583 g/mol. The molecule has 1 N–H and O–H groups in total. The van der Waals surface area contributed by atoms with E-state index in [4.69, 9.17) is 14.5 Å². The number of hydrogen-bond donors (Lipinski definition) is 1. The summed E-state index contributed by atoms with van der Waals surface area (Å²) in [5, 5.41) is 5.31. The molecular weight excluding hydrogens is 550 g/mol. The van der Waals surface area contributed by atoms with Crippen LogP contribution in [0.3, 0.4) is 0 Å². The number of carbonyl (C=O) groups is 1. The summed E-state index contributed by atoms with van der Waals surface area (Å²) in [6.07, 6.45) is 2.73. The van der Waals surface area contributed by atoms with E-state index in [1.165, 1.54) is 0 Å². The lowest BCUT2D eigenvalue weighted by molar-refractivity contribution is -0.119. The van der Waals surface area contributed by atoms with Crippen molar-refractivity contribution in [3.8, 4) is 11.1 Å². The van der Waals surface area contributed by atoms with Gasteiger partial charge in [-0.2, -0.15) is 0 Å². The first-order valence-electron chi connectivity index (χ1n) is 14.5. The number of aromatic nitrogens is 2. The molecule has 2 fully saturated rings. The van der Waals surface area contributed by atoms with Crippen molar-refractivity contribution < 1.29 is 14.3 Å². The summed E-state index contributed by atoms with van der Waals surface area (Å²) in [6.45, 7) is 7.26. The summed E-state index contributed by atoms with van der Waals surface area (Å²) in [5.74, 6) is 0.667. The second-order valence-corrected chi connectivity index (χ2v) is 11.9. The standard InChI is InChI=1S/C32H33N5O4S/c1-2-22-20-41-16-13-36(22)19-29(38)33-21-8-9-27-26(17-21)24-6-3-5-23(31(24)42-27)25-7-4-10-37-30(39)18-28(34-32(25)37)35-11-14-40-15-12-35/h3-10,17-18,22H,2,11-16,19-20H2,1H3,(H,33,38). The predicted molar refractivity (Wildman–Crippen MR) is 168 cm³/mol. The first-order chi connectivity index (χ1) is 20.6. The Morgan fingerprint density at radius 2 is 1.83 bits per heavy atom. The number of pyridine rings is 1. The van der Waals surface area contributed by atoms with Gasteiger partial charge >= 0.3 is 0 Å². The Balaban J connectivity index is 1.24. The number of benzene rings is 2. The van der Waals surface area contributed by atoms with Gasteiger partial charge in [0, 0.05) is 74.9 Å². The summed E-state index contributed by atoms with van der Waals surface area (Å²) in [7, 11) is 0. The zero-order valence-corrected chi connectivity index (χ0v) is 24.4. The van der Waals surface area contributed by atoms with E-state index in [0.29, 0.717) is 57.5 Å². The Bertz CT molecular complexity index is 1840. The molecule has 42 heavy (non-hydrogen) atoms. The van der Waals surface area contributed by atoms with Crippen LogP contribution in [0.4, 0.5) is 11.5 Å². The molecule has 3 aromatic heterocycles. The summed E-state index contributed by atoms with van der Waals surface area (Å²) in [4.78, 5) is 35.4. The van der Waals surface area contributed by atoms with Crippen LogP contribution >= 0.6 is 11.3 Å². The van der Waals surface area contributed by atoms with E-state index in [2.05, 4.69) is 46.3 Å². The van der Waals surface area contributed by atoms with E-state index in [9.17, 15) is 9.59 Å². The molecule has 5 aromatic rings. The fraction of sp³-hybridized carbons (Fsp3) is 0.344. The van der Waals surface area contributed by atoms with E-state index in [1.807, 2.05) is 24.3 Å². The van der Waals surface area contributed by atoms with Crippen LogP contribution in [0.1, 0.15) is 13.3 Å². The minimum Gasteiger partial charge on any atom is -0.378 e. The van der Waals surface area contributed by atoms with Crippen molar-refractivity contribution in [2.45, 2.75) is 19.4 Å². The van der Waals surface area contributed by atoms with E-state index in [-0.39, 0.29) is 17.5 Å². The molecule has 2 aliphatic rings. The number of rotatable bonds is 6. The van der Waals surface area contributed by atoms with Crippen LogP contribution in [0.25, 0.3) is 36.9 Å². The molecule has 7 rings (SSSR count). The second-order valence-electron chi connectivity index (χ2n) is 10.8. The van der Waals surface area contributed by atoms with Gasteiger partial charge in [0.1, 0.15) is 11.5 Å². The highest BCUT2D eigenvalue weighted by atomic mass is 32.1. The van der Waals surface area contributed by atoms with Gasteiger partial charge in [0.15, 0.2) is 0 Å². The van der Waals surface area contributed by atoms with Crippen LogP contribution in [0, 0.1) is 0 Å². The molecule has 0 saturated carbocycles. The quantitative estimate of drug-likeness (QED) is 0.312. The lowest BCUT2D eigenvalue weighted by atomic mass is 10.0. The number of thiophene rings is 1. The van der Waals surface area contributed by atoms with Crippen LogP contribution in [0.2, 0.25) is 0 Å². The highest BCUT2D eigenvalue weighted by molar-refractivity contribution is 7.26. The highest BCUT2D eigenvalue weighted by Gasteiger charge is 2.24. The largest absolute Gasteiger partial charge is 0.378 e. The van der Waals surface area contributed by atoms with Crippen LogP contribution in [-0.4, -0.2) is 78.8 Å². The molecule has 5 heterocycles. The van der Waals surface area contributed by atoms with Gasteiger partial charge in [-0.15, -0.1) is 11.3 Å². The Kier molecular flexibility index (Phi) is 7.37. The van der Waals surface area contributed by atoms with Crippen molar-refractivity contribution in [2.24, 2.45) is 0 Å².